The van der Waals surface area contributed by atoms with Gasteiger partial charge in [-0.05, 0) is 84.0 Å². The van der Waals surface area contributed by atoms with Crippen LogP contribution in [0.25, 0.3) is 23.3 Å². The van der Waals surface area contributed by atoms with E-state index in [1.807, 2.05) is 36.4 Å². The summed E-state index contributed by atoms with van der Waals surface area (Å²) in [6.07, 6.45) is 15.1. The maximum atomic E-state index is 11.8. The molecule has 8 bridgehead atoms. The molecule has 0 atom stereocenters. The summed E-state index contributed by atoms with van der Waals surface area (Å²) in [6, 6.07) is 22.9. The third-order valence-corrected chi connectivity index (χ3v) is 6.67. The van der Waals surface area contributed by atoms with Gasteiger partial charge in [-0.15, -0.1) is 0 Å². The number of aliphatic imine (C=N–C) groups is 1. The molecule has 37 heavy (non-hydrogen) atoms. The lowest BCUT2D eigenvalue weighted by molar-refractivity contribution is -0.110. The van der Waals surface area contributed by atoms with Crippen molar-refractivity contribution in [2.24, 2.45) is 4.99 Å². The lowest BCUT2D eigenvalue weighted by Gasteiger charge is -2.10. The van der Waals surface area contributed by atoms with E-state index in [1.165, 1.54) is 0 Å². The highest BCUT2D eigenvalue weighted by atomic mass is 16.1. The number of carbonyl (C=O) groups is 1. The monoisotopic (exact) mass is 478 g/mol. The van der Waals surface area contributed by atoms with Gasteiger partial charge in [0, 0.05) is 44.6 Å². The van der Waals surface area contributed by atoms with Crippen molar-refractivity contribution in [2.75, 3.05) is 0 Å². The van der Waals surface area contributed by atoms with Gasteiger partial charge >= 0.3 is 0 Å². The molecule has 5 heteroatoms. The van der Waals surface area contributed by atoms with Crippen LogP contribution in [-0.2, 0) is 4.79 Å². The van der Waals surface area contributed by atoms with Crippen LogP contribution in [0.2, 0.25) is 0 Å². The number of fused-ring (bicyclic) bond motifs is 7. The van der Waals surface area contributed by atoms with Crippen molar-refractivity contribution < 1.29 is 4.79 Å². The van der Waals surface area contributed by atoms with Crippen molar-refractivity contribution in [1.82, 2.24) is 15.0 Å². The summed E-state index contributed by atoms with van der Waals surface area (Å²) in [5.74, 6) is -0.0145. The highest BCUT2D eigenvalue weighted by Crippen LogP contribution is 2.29. The van der Waals surface area contributed by atoms with Gasteiger partial charge in [0.2, 0.25) is 0 Å². The fourth-order valence-corrected chi connectivity index (χ4v) is 4.97. The third kappa shape index (κ3) is 3.93. The SMILES string of the molecule is O=C1C=CC(=C2C3=N/C(=C\c4ccc([nH]4)/C(c4ccccc4)=c4/cc/c([nH]4)=C/c4ccc2[nH]4)C=C3)C=C1. The summed E-state index contributed by atoms with van der Waals surface area (Å²) in [7, 11) is 0. The first kappa shape index (κ1) is 21.1. The van der Waals surface area contributed by atoms with Crippen molar-refractivity contribution in [1.29, 1.82) is 0 Å². The lowest BCUT2D eigenvalue weighted by atomic mass is 9.96. The third-order valence-electron chi connectivity index (χ3n) is 6.67. The second-order valence-corrected chi connectivity index (χ2v) is 9.17. The number of hydrogen-bond donors (Lipinski definition) is 3. The Balaban J connectivity index is 1.49. The Morgan fingerprint density at radius 2 is 1.32 bits per heavy atom. The smallest absolute Gasteiger partial charge is 0.178 e. The summed E-state index contributed by atoms with van der Waals surface area (Å²) in [6.45, 7) is 0. The minimum atomic E-state index is -0.0145. The number of rotatable bonds is 1. The van der Waals surface area contributed by atoms with Crippen molar-refractivity contribution in [3.63, 3.8) is 0 Å². The standard InChI is InChI=1S/C32H22N4O/c37-26-12-6-21(7-13-26)32-29-16-10-24(35-29)18-22-8-14-27(33-22)31(20-4-2-1-3-5-20)28-15-9-23(34-28)19-25-11-17-30(32)36-25/h1-19,33-35H/b22-18-,25-19-,31-27-. The predicted molar refractivity (Wildman–Crippen MR) is 148 cm³/mol. The molecule has 4 aromatic rings. The molecule has 0 fully saturated rings. The van der Waals surface area contributed by atoms with Crippen molar-refractivity contribution in [3.8, 4) is 0 Å². The summed E-state index contributed by atoms with van der Waals surface area (Å²) < 4.78 is 0. The minimum absolute atomic E-state index is 0.0145. The quantitative estimate of drug-likeness (QED) is 0.369. The molecule has 3 aliphatic rings. The van der Waals surface area contributed by atoms with E-state index in [2.05, 4.69) is 81.7 Å². The zero-order valence-corrected chi connectivity index (χ0v) is 19.8. The van der Waals surface area contributed by atoms with E-state index in [1.54, 1.807) is 12.2 Å². The molecule has 0 unspecified atom stereocenters. The number of benzene rings is 1. The molecule has 0 saturated heterocycles. The minimum Gasteiger partial charge on any atom is -0.355 e. The van der Waals surface area contributed by atoms with Gasteiger partial charge in [-0.2, -0.15) is 0 Å². The second kappa shape index (κ2) is 8.50. The number of aromatic amines is 3. The van der Waals surface area contributed by atoms with E-state index < -0.39 is 0 Å². The van der Waals surface area contributed by atoms with E-state index in [-0.39, 0.29) is 5.78 Å². The van der Waals surface area contributed by atoms with Crippen LogP contribution in [0, 0.1) is 0 Å². The van der Waals surface area contributed by atoms with Gasteiger partial charge in [0.1, 0.15) is 0 Å². The molecule has 5 nitrogen and oxygen atoms in total. The topological polar surface area (TPSA) is 76.8 Å². The Bertz CT molecular complexity index is 1860. The van der Waals surface area contributed by atoms with Gasteiger partial charge in [-0.1, -0.05) is 42.5 Å². The highest BCUT2D eigenvalue weighted by molar-refractivity contribution is 6.32. The molecule has 7 rings (SSSR count). The fraction of sp³-hybridized carbons (Fsp3) is 0. The summed E-state index contributed by atoms with van der Waals surface area (Å²) in [5, 5.41) is 2.02. The van der Waals surface area contributed by atoms with Gasteiger partial charge in [0.15, 0.2) is 5.78 Å². The normalized spacial score (nSPS) is 20.0. The highest BCUT2D eigenvalue weighted by Gasteiger charge is 2.18. The number of ketones is 1. The van der Waals surface area contributed by atoms with E-state index in [9.17, 15) is 4.79 Å². The molecule has 0 amide bonds. The largest absolute Gasteiger partial charge is 0.355 e. The van der Waals surface area contributed by atoms with E-state index in [0.717, 1.165) is 67.2 Å². The van der Waals surface area contributed by atoms with E-state index >= 15 is 0 Å². The van der Waals surface area contributed by atoms with Gasteiger partial charge in [-0.3, -0.25) is 4.79 Å². The molecule has 176 valence electrons. The van der Waals surface area contributed by atoms with Crippen LogP contribution in [0.3, 0.4) is 0 Å². The molecule has 0 saturated carbocycles. The summed E-state index contributed by atoms with van der Waals surface area (Å²) in [5.41, 5.74) is 9.72. The average molecular weight is 479 g/mol. The first-order valence-electron chi connectivity index (χ1n) is 12.2. The Hall–Kier alpha value is -5.16. The Kier molecular flexibility index (Phi) is 4.86. The summed E-state index contributed by atoms with van der Waals surface area (Å²) in [4.78, 5) is 27.4. The number of hydrogen-bond acceptors (Lipinski definition) is 2. The number of nitrogens with zero attached hydrogens (tertiary/aromatic N) is 1. The number of carbonyl (C=O) groups excluding carboxylic acids is 1. The summed E-state index contributed by atoms with van der Waals surface area (Å²) >= 11 is 0. The van der Waals surface area contributed by atoms with Crippen molar-refractivity contribution in [2.45, 2.75) is 0 Å². The van der Waals surface area contributed by atoms with Crippen LogP contribution in [0.1, 0.15) is 28.3 Å². The molecule has 3 aromatic heterocycles. The van der Waals surface area contributed by atoms with Crippen LogP contribution in [0.15, 0.2) is 119 Å². The molecular weight excluding hydrogens is 456 g/mol. The number of allylic oxidation sites excluding steroid dienone is 8. The predicted octanol–water partition coefficient (Wildman–Crippen LogP) is 4.56. The van der Waals surface area contributed by atoms with Crippen molar-refractivity contribution in [3.05, 3.63) is 153 Å². The van der Waals surface area contributed by atoms with Crippen LogP contribution in [0.5, 0.6) is 0 Å². The Labute approximate surface area is 213 Å². The fourth-order valence-electron chi connectivity index (χ4n) is 4.97. The van der Waals surface area contributed by atoms with Crippen LogP contribution >= 0.6 is 0 Å². The first-order chi connectivity index (χ1) is 18.2. The number of aromatic nitrogens is 3. The molecule has 0 spiro atoms. The molecule has 2 aliphatic heterocycles. The van der Waals surface area contributed by atoms with Crippen molar-refractivity contribution >= 4 is 34.8 Å². The van der Waals surface area contributed by atoms with Gasteiger partial charge in [-0.25, -0.2) is 4.99 Å². The molecule has 5 heterocycles. The molecule has 1 aliphatic carbocycles. The first-order valence-corrected chi connectivity index (χ1v) is 12.2. The molecule has 0 radical (unpaired) electrons. The maximum Gasteiger partial charge on any atom is 0.178 e. The number of H-pyrrole nitrogens is 3. The van der Waals surface area contributed by atoms with Crippen LogP contribution in [0.4, 0.5) is 0 Å². The van der Waals surface area contributed by atoms with E-state index in [0.29, 0.717) is 0 Å². The van der Waals surface area contributed by atoms with Crippen LogP contribution in [-0.4, -0.2) is 26.4 Å². The van der Waals surface area contributed by atoms with Gasteiger partial charge in [0.25, 0.3) is 0 Å². The lowest BCUT2D eigenvalue weighted by Crippen LogP contribution is -2.14. The van der Waals surface area contributed by atoms with E-state index in [4.69, 9.17) is 4.99 Å². The zero-order chi connectivity index (χ0) is 24.8. The average Bonchev–Trinajstić information content (AvgIpc) is 3.72. The van der Waals surface area contributed by atoms with Crippen LogP contribution < -0.4 is 10.7 Å². The number of nitrogens with one attached hydrogen (secondary N) is 3. The Morgan fingerprint density at radius 3 is 2.11 bits per heavy atom. The Morgan fingerprint density at radius 1 is 0.595 bits per heavy atom. The molecule has 1 aromatic carbocycles. The molecular formula is C32H22N4O. The molecule has 3 N–H and O–H groups in total. The zero-order valence-electron chi connectivity index (χ0n) is 19.8. The maximum absolute atomic E-state index is 11.8. The van der Waals surface area contributed by atoms with Gasteiger partial charge < -0.3 is 15.0 Å². The second-order valence-electron chi connectivity index (χ2n) is 9.17. The van der Waals surface area contributed by atoms with Gasteiger partial charge in [0.05, 0.1) is 11.4 Å².